The monoisotopic (exact) mass is 379 g/mol. The highest BCUT2D eigenvalue weighted by molar-refractivity contribution is 5.86. The summed E-state index contributed by atoms with van der Waals surface area (Å²) in [5.74, 6) is -0.360. The van der Waals surface area contributed by atoms with Gasteiger partial charge in [-0.05, 0) is 43.2 Å². The van der Waals surface area contributed by atoms with Crippen LogP contribution >= 0.6 is 0 Å². The number of aryl methyl sites for hydroxylation is 1. The fourth-order valence-electron chi connectivity index (χ4n) is 3.69. The molecule has 4 rings (SSSR count). The smallest absolute Gasteiger partial charge is 0.230 e. The zero-order valence-corrected chi connectivity index (χ0v) is 15.7. The third-order valence-electron chi connectivity index (χ3n) is 5.17. The van der Waals surface area contributed by atoms with Gasteiger partial charge >= 0.3 is 0 Å². The van der Waals surface area contributed by atoms with Crippen molar-refractivity contribution in [1.29, 1.82) is 0 Å². The van der Waals surface area contributed by atoms with E-state index in [1.165, 1.54) is 6.07 Å². The highest BCUT2D eigenvalue weighted by Crippen LogP contribution is 2.38. The van der Waals surface area contributed by atoms with E-state index in [9.17, 15) is 9.18 Å². The zero-order chi connectivity index (χ0) is 19.6. The molecule has 0 radical (unpaired) electrons. The van der Waals surface area contributed by atoms with E-state index in [4.69, 9.17) is 0 Å². The summed E-state index contributed by atoms with van der Waals surface area (Å²) in [5, 5.41) is 10.0. The van der Waals surface area contributed by atoms with Crippen LogP contribution in [0.4, 0.5) is 10.1 Å². The lowest BCUT2D eigenvalue weighted by Crippen LogP contribution is -2.64. The van der Waals surface area contributed by atoms with Crippen molar-refractivity contribution in [2.75, 3.05) is 18.0 Å². The van der Waals surface area contributed by atoms with Crippen molar-refractivity contribution in [1.82, 2.24) is 20.5 Å². The van der Waals surface area contributed by atoms with E-state index in [1.807, 2.05) is 25.1 Å². The predicted molar refractivity (Wildman–Crippen MR) is 104 cm³/mol. The molecular formula is C21H22FN5O. The maximum atomic E-state index is 14.2. The van der Waals surface area contributed by atoms with Gasteiger partial charge in [-0.2, -0.15) is 5.10 Å². The van der Waals surface area contributed by atoms with Crippen LogP contribution in [0.2, 0.25) is 0 Å². The fraction of sp³-hybridized carbons (Fsp3) is 0.286. The van der Waals surface area contributed by atoms with Gasteiger partial charge in [0.1, 0.15) is 5.82 Å². The van der Waals surface area contributed by atoms with Crippen LogP contribution in [-0.4, -0.2) is 34.2 Å². The van der Waals surface area contributed by atoms with Crippen LogP contribution in [0.25, 0.3) is 0 Å². The average molecular weight is 379 g/mol. The van der Waals surface area contributed by atoms with E-state index in [0.717, 1.165) is 17.1 Å². The molecule has 0 unspecified atom stereocenters. The maximum absolute atomic E-state index is 14.2. The van der Waals surface area contributed by atoms with Gasteiger partial charge in [0.25, 0.3) is 0 Å². The SMILES string of the molecule is Cc1cc(CNC(=O)C2(Cc3ccccc3F)CN(c3ccncc3)C2)n[nH]1. The minimum Gasteiger partial charge on any atom is -0.369 e. The molecule has 0 aliphatic carbocycles. The van der Waals surface area contributed by atoms with Gasteiger partial charge in [0.2, 0.25) is 5.91 Å². The van der Waals surface area contributed by atoms with Crippen LogP contribution in [0.1, 0.15) is 17.0 Å². The first-order valence-electron chi connectivity index (χ1n) is 9.23. The number of carbonyl (C=O) groups is 1. The summed E-state index contributed by atoms with van der Waals surface area (Å²) < 4.78 is 14.2. The average Bonchev–Trinajstić information content (AvgIpc) is 3.10. The van der Waals surface area contributed by atoms with Gasteiger partial charge in [-0.25, -0.2) is 4.39 Å². The Morgan fingerprint density at radius 3 is 2.68 bits per heavy atom. The summed E-state index contributed by atoms with van der Waals surface area (Å²) in [5.41, 5.74) is 2.60. The lowest BCUT2D eigenvalue weighted by molar-refractivity contribution is -0.132. The molecule has 0 saturated carbocycles. The van der Waals surface area contributed by atoms with Gasteiger partial charge in [-0.15, -0.1) is 0 Å². The van der Waals surface area contributed by atoms with Gasteiger partial charge < -0.3 is 10.2 Å². The van der Waals surface area contributed by atoms with Crippen molar-refractivity contribution >= 4 is 11.6 Å². The predicted octanol–water partition coefficient (Wildman–Crippen LogP) is 2.62. The third kappa shape index (κ3) is 3.60. The molecule has 0 atom stereocenters. The quantitative estimate of drug-likeness (QED) is 0.691. The van der Waals surface area contributed by atoms with Crippen molar-refractivity contribution in [3.8, 4) is 0 Å². The third-order valence-corrected chi connectivity index (χ3v) is 5.17. The topological polar surface area (TPSA) is 73.9 Å². The molecule has 28 heavy (non-hydrogen) atoms. The summed E-state index contributed by atoms with van der Waals surface area (Å²) in [7, 11) is 0. The molecule has 2 N–H and O–H groups in total. The van der Waals surface area contributed by atoms with E-state index >= 15 is 0 Å². The number of anilines is 1. The summed E-state index contributed by atoms with van der Waals surface area (Å²) >= 11 is 0. The summed E-state index contributed by atoms with van der Waals surface area (Å²) in [4.78, 5) is 19.3. The van der Waals surface area contributed by atoms with Gasteiger partial charge in [0.05, 0.1) is 17.7 Å². The highest BCUT2D eigenvalue weighted by Gasteiger charge is 2.49. The van der Waals surface area contributed by atoms with Crippen molar-refractivity contribution in [3.63, 3.8) is 0 Å². The number of amides is 1. The van der Waals surface area contributed by atoms with Gasteiger partial charge in [0.15, 0.2) is 0 Å². The zero-order valence-electron chi connectivity index (χ0n) is 15.7. The Morgan fingerprint density at radius 1 is 1.25 bits per heavy atom. The Morgan fingerprint density at radius 2 is 2.00 bits per heavy atom. The van der Waals surface area contributed by atoms with Crippen molar-refractivity contribution in [2.24, 2.45) is 5.41 Å². The lowest BCUT2D eigenvalue weighted by Gasteiger charge is -2.50. The summed E-state index contributed by atoms with van der Waals surface area (Å²) in [6, 6.07) is 12.4. The number of pyridine rings is 1. The van der Waals surface area contributed by atoms with Crippen LogP contribution in [-0.2, 0) is 17.8 Å². The highest BCUT2D eigenvalue weighted by atomic mass is 19.1. The van der Waals surface area contributed by atoms with Crippen LogP contribution < -0.4 is 10.2 Å². The summed E-state index contributed by atoms with van der Waals surface area (Å²) in [6.07, 6.45) is 3.81. The number of benzene rings is 1. The van der Waals surface area contributed by atoms with Crippen LogP contribution in [0, 0.1) is 18.2 Å². The maximum Gasteiger partial charge on any atom is 0.230 e. The number of hydrogen-bond donors (Lipinski definition) is 2. The molecule has 3 heterocycles. The van der Waals surface area contributed by atoms with E-state index in [1.54, 1.807) is 30.6 Å². The van der Waals surface area contributed by atoms with E-state index in [0.29, 0.717) is 31.6 Å². The van der Waals surface area contributed by atoms with Crippen molar-refractivity contribution < 1.29 is 9.18 Å². The first-order valence-corrected chi connectivity index (χ1v) is 9.23. The number of nitrogens with one attached hydrogen (secondary N) is 2. The number of aromatic nitrogens is 3. The fourth-order valence-corrected chi connectivity index (χ4v) is 3.69. The van der Waals surface area contributed by atoms with Crippen molar-refractivity contribution in [2.45, 2.75) is 19.9 Å². The van der Waals surface area contributed by atoms with Crippen LogP contribution in [0.5, 0.6) is 0 Å². The molecular weight excluding hydrogens is 357 g/mol. The first-order chi connectivity index (χ1) is 13.6. The molecule has 1 aliphatic rings. The molecule has 7 heteroatoms. The Hall–Kier alpha value is -3.22. The molecule has 1 amide bonds. The lowest BCUT2D eigenvalue weighted by atomic mass is 9.73. The minimum atomic E-state index is -0.684. The molecule has 1 aromatic carbocycles. The standard InChI is InChI=1S/C21H22FN5O/c1-15-10-17(26-25-15)12-24-20(28)21(11-16-4-2-3-5-19(16)22)13-27(14-21)18-6-8-23-9-7-18/h2-10H,11-14H2,1H3,(H,24,28)(H,25,26). The normalized spacial score (nSPS) is 15.1. The second kappa shape index (κ2) is 7.42. The molecule has 144 valence electrons. The number of aromatic amines is 1. The number of halogens is 1. The number of rotatable bonds is 6. The summed E-state index contributed by atoms with van der Waals surface area (Å²) in [6.45, 7) is 3.31. The molecule has 1 aliphatic heterocycles. The molecule has 0 spiro atoms. The number of nitrogens with zero attached hydrogens (tertiary/aromatic N) is 3. The molecule has 0 bridgehead atoms. The van der Waals surface area contributed by atoms with Gasteiger partial charge in [-0.3, -0.25) is 14.9 Å². The number of H-pyrrole nitrogens is 1. The minimum absolute atomic E-state index is 0.0817. The Kier molecular flexibility index (Phi) is 4.81. The van der Waals surface area contributed by atoms with Crippen LogP contribution in [0.3, 0.4) is 0 Å². The van der Waals surface area contributed by atoms with Crippen molar-refractivity contribution in [3.05, 3.63) is 77.6 Å². The van der Waals surface area contributed by atoms with Crippen LogP contribution in [0.15, 0.2) is 54.9 Å². The molecule has 1 fully saturated rings. The second-order valence-electron chi connectivity index (χ2n) is 7.33. The Labute approximate surface area is 162 Å². The van der Waals surface area contributed by atoms with Gasteiger partial charge in [-0.1, -0.05) is 18.2 Å². The second-order valence-corrected chi connectivity index (χ2v) is 7.33. The molecule has 6 nitrogen and oxygen atoms in total. The van der Waals surface area contributed by atoms with E-state index < -0.39 is 5.41 Å². The molecule has 3 aromatic rings. The number of carbonyl (C=O) groups excluding carboxylic acids is 1. The largest absolute Gasteiger partial charge is 0.369 e. The van der Waals surface area contributed by atoms with E-state index in [-0.39, 0.29) is 11.7 Å². The first kappa shape index (κ1) is 18.2. The van der Waals surface area contributed by atoms with Gasteiger partial charge in [0, 0.05) is 36.9 Å². The molecule has 1 saturated heterocycles. The van der Waals surface area contributed by atoms with E-state index in [2.05, 4.69) is 25.4 Å². The Balaban J connectivity index is 1.52. The Bertz CT molecular complexity index is 966. The number of hydrogen-bond acceptors (Lipinski definition) is 4. The molecule has 2 aromatic heterocycles.